The SMILES string of the molecule is Cc1ccc(NCC(N)c2ccccc2)cc1[N+](=O)[O-]. The molecule has 1 atom stereocenters. The van der Waals surface area contributed by atoms with E-state index < -0.39 is 0 Å². The number of nitro benzene ring substituents is 1. The van der Waals surface area contributed by atoms with Crippen molar-refractivity contribution in [2.24, 2.45) is 5.73 Å². The zero-order valence-electron chi connectivity index (χ0n) is 11.2. The minimum absolute atomic E-state index is 0.114. The first-order valence-corrected chi connectivity index (χ1v) is 6.37. The summed E-state index contributed by atoms with van der Waals surface area (Å²) in [6, 6.07) is 14.7. The Balaban J connectivity index is 2.04. The van der Waals surface area contributed by atoms with Gasteiger partial charge in [0.15, 0.2) is 0 Å². The van der Waals surface area contributed by atoms with Crippen LogP contribution in [0, 0.1) is 17.0 Å². The average molecular weight is 271 g/mol. The predicted octanol–water partition coefficient (Wildman–Crippen LogP) is 3.02. The maximum Gasteiger partial charge on any atom is 0.274 e. The van der Waals surface area contributed by atoms with Gasteiger partial charge in [-0.3, -0.25) is 10.1 Å². The summed E-state index contributed by atoms with van der Waals surface area (Å²) in [5, 5.41) is 14.0. The standard InChI is InChI=1S/C15H17N3O2/c1-11-7-8-13(9-15(11)18(19)20)17-10-14(16)12-5-3-2-4-6-12/h2-9,14,17H,10,16H2,1H3. The van der Waals surface area contributed by atoms with E-state index in [4.69, 9.17) is 5.73 Å². The molecule has 0 saturated carbocycles. The highest BCUT2D eigenvalue weighted by Crippen LogP contribution is 2.22. The van der Waals surface area contributed by atoms with Crippen LogP contribution in [0.2, 0.25) is 0 Å². The number of hydrogen-bond donors (Lipinski definition) is 2. The Kier molecular flexibility index (Phi) is 4.32. The number of hydrogen-bond acceptors (Lipinski definition) is 4. The summed E-state index contributed by atoms with van der Waals surface area (Å²) in [4.78, 5) is 10.5. The molecule has 0 saturated heterocycles. The Morgan fingerprint density at radius 1 is 1.25 bits per heavy atom. The topological polar surface area (TPSA) is 81.2 Å². The molecule has 0 heterocycles. The molecule has 0 fully saturated rings. The van der Waals surface area contributed by atoms with Crippen LogP contribution < -0.4 is 11.1 Å². The third-order valence-electron chi connectivity index (χ3n) is 3.16. The second-order valence-electron chi connectivity index (χ2n) is 4.66. The Labute approximate surface area is 117 Å². The second-order valence-corrected chi connectivity index (χ2v) is 4.66. The van der Waals surface area contributed by atoms with Gasteiger partial charge in [-0.25, -0.2) is 0 Å². The third-order valence-corrected chi connectivity index (χ3v) is 3.16. The van der Waals surface area contributed by atoms with Gasteiger partial charge in [-0.2, -0.15) is 0 Å². The van der Waals surface area contributed by atoms with Crippen molar-refractivity contribution in [1.82, 2.24) is 0 Å². The van der Waals surface area contributed by atoms with Crippen LogP contribution in [-0.4, -0.2) is 11.5 Å². The smallest absolute Gasteiger partial charge is 0.274 e. The number of nitrogens with one attached hydrogen (secondary N) is 1. The van der Waals surface area contributed by atoms with Crippen LogP contribution in [0.25, 0.3) is 0 Å². The molecule has 104 valence electrons. The van der Waals surface area contributed by atoms with Gasteiger partial charge in [0, 0.05) is 29.9 Å². The van der Waals surface area contributed by atoms with Crippen molar-refractivity contribution in [1.29, 1.82) is 0 Å². The van der Waals surface area contributed by atoms with Crippen molar-refractivity contribution in [2.75, 3.05) is 11.9 Å². The molecule has 2 rings (SSSR count). The number of nitro groups is 1. The largest absolute Gasteiger partial charge is 0.383 e. The number of nitrogens with zero attached hydrogens (tertiary/aromatic N) is 1. The molecule has 0 spiro atoms. The van der Waals surface area contributed by atoms with Crippen molar-refractivity contribution in [3.8, 4) is 0 Å². The summed E-state index contributed by atoms with van der Waals surface area (Å²) >= 11 is 0. The molecule has 0 aliphatic heterocycles. The molecule has 2 aromatic rings. The lowest BCUT2D eigenvalue weighted by molar-refractivity contribution is -0.385. The van der Waals surface area contributed by atoms with Crippen molar-refractivity contribution in [2.45, 2.75) is 13.0 Å². The fourth-order valence-electron chi connectivity index (χ4n) is 1.96. The zero-order chi connectivity index (χ0) is 14.5. The molecule has 5 nitrogen and oxygen atoms in total. The number of benzene rings is 2. The minimum Gasteiger partial charge on any atom is -0.383 e. The van der Waals surface area contributed by atoms with Gasteiger partial charge in [-0.15, -0.1) is 0 Å². The maximum atomic E-state index is 10.9. The first-order valence-electron chi connectivity index (χ1n) is 6.37. The lowest BCUT2D eigenvalue weighted by atomic mass is 10.1. The van der Waals surface area contributed by atoms with E-state index in [0.29, 0.717) is 17.8 Å². The number of anilines is 1. The van der Waals surface area contributed by atoms with Gasteiger partial charge in [0.2, 0.25) is 0 Å². The van der Waals surface area contributed by atoms with E-state index in [1.807, 2.05) is 36.4 Å². The van der Waals surface area contributed by atoms with E-state index in [1.165, 1.54) is 6.07 Å². The van der Waals surface area contributed by atoms with Crippen molar-refractivity contribution in [3.63, 3.8) is 0 Å². The molecule has 20 heavy (non-hydrogen) atoms. The molecule has 0 bridgehead atoms. The van der Waals surface area contributed by atoms with Gasteiger partial charge >= 0.3 is 0 Å². The number of nitrogens with two attached hydrogens (primary N) is 1. The van der Waals surface area contributed by atoms with Crippen LogP contribution in [-0.2, 0) is 0 Å². The molecule has 0 aromatic heterocycles. The summed E-state index contributed by atoms with van der Waals surface area (Å²) in [6.07, 6.45) is 0. The fourth-order valence-corrected chi connectivity index (χ4v) is 1.96. The second kappa shape index (κ2) is 6.16. The van der Waals surface area contributed by atoms with Gasteiger partial charge in [0.05, 0.1) is 4.92 Å². The summed E-state index contributed by atoms with van der Waals surface area (Å²) < 4.78 is 0. The molecule has 2 aromatic carbocycles. The molecule has 1 unspecified atom stereocenters. The van der Waals surface area contributed by atoms with E-state index >= 15 is 0 Å². The van der Waals surface area contributed by atoms with Crippen LogP contribution in [0.15, 0.2) is 48.5 Å². The molecule has 5 heteroatoms. The number of aryl methyl sites for hydroxylation is 1. The van der Waals surface area contributed by atoms with Crippen LogP contribution in [0.4, 0.5) is 11.4 Å². The minimum atomic E-state index is -0.377. The van der Waals surface area contributed by atoms with Crippen molar-refractivity contribution >= 4 is 11.4 Å². The zero-order valence-corrected chi connectivity index (χ0v) is 11.2. The average Bonchev–Trinajstić information content (AvgIpc) is 2.46. The van der Waals surface area contributed by atoms with Gasteiger partial charge in [0.1, 0.15) is 0 Å². The highest BCUT2D eigenvalue weighted by Gasteiger charge is 2.11. The third kappa shape index (κ3) is 3.33. The monoisotopic (exact) mass is 271 g/mol. The molecule has 0 radical (unpaired) electrons. The Bertz CT molecular complexity index is 599. The van der Waals surface area contributed by atoms with Gasteiger partial charge in [-0.1, -0.05) is 36.4 Å². The molecule has 0 aliphatic rings. The molecule has 3 N–H and O–H groups in total. The lowest BCUT2D eigenvalue weighted by Gasteiger charge is -2.14. The van der Waals surface area contributed by atoms with Crippen LogP contribution in [0.3, 0.4) is 0 Å². The highest BCUT2D eigenvalue weighted by atomic mass is 16.6. The Hall–Kier alpha value is -2.40. The Morgan fingerprint density at radius 2 is 1.95 bits per heavy atom. The van der Waals surface area contributed by atoms with E-state index in [0.717, 1.165) is 5.56 Å². The predicted molar refractivity (Wildman–Crippen MR) is 79.7 cm³/mol. The first-order chi connectivity index (χ1) is 9.58. The van der Waals surface area contributed by atoms with Gasteiger partial charge in [-0.05, 0) is 18.6 Å². The normalized spacial score (nSPS) is 11.9. The maximum absolute atomic E-state index is 10.9. The van der Waals surface area contributed by atoms with Gasteiger partial charge in [0.25, 0.3) is 5.69 Å². The molecular weight excluding hydrogens is 254 g/mol. The lowest BCUT2D eigenvalue weighted by Crippen LogP contribution is -2.20. The van der Waals surface area contributed by atoms with E-state index in [1.54, 1.807) is 13.0 Å². The summed E-state index contributed by atoms with van der Waals surface area (Å²) in [6.45, 7) is 2.24. The fraction of sp³-hybridized carbons (Fsp3) is 0.200. The summed E-state index contributed by atoms with van der Waals surface area (Å²) in [5.74, 6) is 0. The highest BCUT2D eigenvalue weighted by molar-refractivity contribution is 5.55. The molecule has 0 aliphatic carbocycles. The van der Waals surface area contributed by atoms with Crippen LogP contribution in [0.5, 0.6) is 0 Å². The Morgan fingerprint density at radius 3 is 2.60 bits per heavy atom. The van der Waals surface area contributed by atoms with E-state index in [-0.39, 0.29) is 16.7 Å². The van der Waals surface area contributed by atoms with Crippen molar-refractivity contribution < 1.29 is 4.92 Å². The van der Waals surface area contributed by atoms with Gasteiger partial charge < -0.3 is 11.1 Å². The van der Waals surface area contributed by atoms with Crippen LogP contribution >= 0.6 is 0 Å². The number of rotatable bonds is 5. The molecular formula is C15H17N3O2. The van der Waals surface area contributed by atoms with E-state index in [9.17, 15) is 10.1 Å². The van der Waals surface area contributed by atoms with E-state index in [2.05, 4.69) is 5.32 Å². The summed E-state index contributed by atoms with van der Waals surface area (Å²) in [5.41, 5.74) is 8.57. The summed E-state index contributed by atoms with van der Waals surface area (Å²) in [7, 11) is 0. The first kappa shape index (κ1) is 14.0. The van der Waals surface area contributed by atoms with Crippen LogP contribution in [0.1, 0.15) is 17.2 Å². The molecule has 0 amide bonds. The van der Waals surface area contributed by atoms with Crippen molar-refractivity contribution in [3.05, 3.63) is 69.8 Å². The quantitative estimate of drug-likeness (QED) is 0.647.